The summed E-state index contributed by atoms with van der Waals surface area (Å²) >= 11 is 1.39. The summed E-state index contributed by atoms with van der Waals surface area (Å²) in [4.78, 5) is 25.4. The molecular formula is C21H19NO3S. The topological polar surface area (TPSA) is 55.4 Å². The zero-order valence-corrected chi connectivity index (χ0v) is 15.2. The lowest BCUT2D eigenvalue weighted by Crippen LogP contribution is -2.30. The van der Waals surface area contributed by atoms with Crippen LogP contribution in [0.2, 0.25) is 0 Å². The number of esters is 1. The SMILES string of the molecule is Cc1ccc(C(=O)NCC(=O)OCc2ccc(-c3ccccc3)cc2)s1. The van der Waals surface area contributed by atoms with Gasteiger partial charge in [-0.05, 0) is 35.7 Å². The first-order chi connectivity index (χ1) is 12.6. The molecule has 0 bridgehead atoms. The second kappa shape index (κ2) is 8.45. The number of carbonyl (C=O) groups excluding carboxylic acids is 2. The van der Waals surface area contributed by atoms with Gasteiger partial charge in [-0.2, -0.15) is 0 Å². The van der Waals surface area contributed by atoms with Gasteiger partial charge in [-0.3, -0.25) is 9.59 Å². The lowest BCUT2D eigenvalue weighted by atomic mass is 10.0. The number of hydrogen-bond donors (Lipinski definition) is 1. The third-order valence-electron chi connectivity index (χ3n) is 3.82. The predicted molar refractivity (Wildman–Crippen MR) is 103 cm³/mol. The van der Waals surface area contributed by atoms with E-state index in [1.807, 2.05) is 67.6 Å². The van der Waals surface area contributed by atoms with Gasteiger partial charge in [-0.25, -0.2) is 0 Å². The smallest absolute Gasteiger partial charge is 0.325 e. The molecule has 0 spiro atoms. The van der Waals surface area contributed by atoms with Crippen LogP contribution in [-0.4, -0.2) is 18.4 Å². The van der Waals surface area contributed by atoms with Crippen LogP contribution < -0.4 is 5.32 Å². The molecule has 0 fully saturated rings. The average molecular weight is 365 g/mol. The number of nitrogens with one attached hydrogen (secondary N) is 1. The van der Waals surface area contributed by atoms with Crippen molar-refractivity contribution < 1.29 is 14.3 Å². The lowest BCUT2D eigenvalue weighted by molar-refractivity contribution is -0.143. The Morgan fingerprint density at radius 3 is 2.27 bits per heavy atom. The summed E-state index contributed by atoms with van der Waals surface area (Å²) in [5, 5.41) is 2.58. The molecule has 0 aliphatic heterocycles. The third kappa shape index (κ3) is 4.80. The van der Waals surface area contributed by atoms with Crippen LogP contribution in [0.5, 0.6) is 0 Å². The number of carbonyl (C=O) groups is 2. The maximum atomic E-state index is 11.9. The second-order valence-corrected chi connectivity index (χ2v) is 7.10. The minimum atomic E-state index is -0.459. The molecule has 1 heterocycles. The van der Waals surface area contributed by atoms with Gasteiger partial charge in [0.25, 0.3) is 5.91 Å². The van der Waals surface area contributed by atoms with E-state index >= 15 is 0 Å². The Morgan fingerprint density at radius 1 is 0.923 bits per heavy atom. The fourth-order valence-electron chi connectivity index (χ4n) is 2.44. The Morgan fingerprint density at radius 2 is 1.62 bits per heavy atom. The molecule has 1 aromatic heterocycles. The summed E-state index contributed by atoms with van der Waals surface area (Å²) in [6, 6.07) is 21.6. The highest BCUT2D eigenvalue weighted by Gasteiger charge is 2.10. The molecule has 5 heteroatoms. The lowest BCUT2D eigenvalue weighted by Gasteiger charge is -2.07. The van der Waals surface area contributed by atoms with Gasteiger partial charge in [0.1, 0.15) is 13.2 Å². The summed E-state index contributed by atoms with van der Waals surface area (Å²) < 4.78 is 5.21. The summed E-state index contributed by atoms with van der Waals surface area (Å²) in [5.74, 6) is -0.717. The zero-order chi connectivity index (χ0) is 18.4. The van der Waals surface area contributed by atoms with Crippen molar-refractivity contribution in [2.24, 2.45) is 0 Å². The van der Waals surface area contributed by atoms with E-state index in [-0.39, 0.29) is 19.1 Å². The highest BCUT2D eigenvalue weighted by atomic mass is 32.1. The van der Waals surface area contributed by atoms with Crippen LogP contribution >= 0.6 is 11.3 Å². The van der Waals surface area contributed by atoms with E-state index in [1.165, 1.54) is 11.3 Å². The van der Waals surface area contributed by atoms with Gasteiger partial charge in [0.05, 0.1) is 4.88 Å². The Hall–Kier alpha value is -2.92. The van der Waals surface area contributed by atoms with Crippen LogP contribution in [0.15, 0.2) is 66.7 Å². The Bertz CT molecular complexity index is 885. The first-order valence-electron chi connectivity index (χ1n) is 8.26. The number of benzene rings is 2. The molecule has 0 saturated carbocycles. The first kappa shape index (κ1) is 17.9. The monoisotopic (exact) mass is 365 g/mol. The van der Waals surface area contributed by atoms with Crippen molar-refractivity contribution in [2.45, 2.75) is 13.5 Å². The van der Waals surface area contributed by atoms with Crippen molar-refractivity contribution in [2.75, 3.05) is 6.54 Å². The Labute approximate surface area is 156 Å². The van der Waals surface area contributed by atoms with E-state index in [4.69, 9.17) is 4.74 Å². The number of aryl methyl sites for hydroxylation is 1. The highest BCUT2D eigenvalue weighted by molar-refractivity contribution is 7.13. The van der Waals surface area contributed by atoms with Crippen LogP contribution in [0.3, 0.4) is 0 Å². The molecule has 1 N–H and O–H groups in total. The molecular weight excluding hydrogens is 346 g/mol. The number of rotatable bonds is 6. The number of ether oxygens (including phenoxy) is 1. The molecule has 3 rings (SSSR count). The Balaban J connectivity index is 1.46. The zero-order valence-electron chi connectivity index (χ0n) is 14.4. The predicted octanol–water partition coefficient (Wildman–Crippen LogP) is 4.20. The summed E-state index contributed by atoms with van der Waals surface area (Å²) in [6.45, 7) is 1.97. The molecule has 1 amide bonds. The van der Waals surface area contributed by atoms with Crippen LogP contribution in [0.25, 0.3) is 11.1 Å². The highest BCUT2D eigenvalue weighted by Crippen LogP contribution is 2.19. The molecule has 3 aromatic rings. The average Bonchev–Trinajstić information content (AvgIpc) is 3.12. The summed E-state index contributed by atoms with van der Waals surface area (Å²) in [5.41, 5.74) is 3.15. The maximum absolute atomic E-state index is 11.9. The molecule has 0 saturated heterocycles. The molecule has 0 aliphatic rings. The van der Waals surface area contributed by atoms with Gasteiger partial charge >= 0.3 is 5.97 Å². The van der Waals surface area contributed by atoms with Crippen molar-refractivity contribution in [3.8, 4) is 11.1 Å². The standard InChI is InChI=1S/C21H19NO3S/c1-15-7-12-19(26-15)21(24)22-13-20(23)25-14-16-8-10-18(11-9-16)17-5-3-2-4-6-17/h2-12H,13-14H2,1H3,(H,22,24). The molecule has 132 valence electrons. The minimum Gasteiger partial charge on any atom is -0.460 e. The van der Waals surface area contributed by atoms with Crippen molar-refractivity contribution in [3.05, 3.63) is 82.0 Å². The van der Waals surface area contributed by atoms with Crippen LogP contribution in [-0.2, 0) is 16.1 Å². The van der Waals surface area contributed by atoms with E-state index in [0.29, 0.717) is 4.88 Å². The molecule has 0 atom stereocenters. The Kier molecular flexibility index (Phi) is 5.81. The molecule has 2 aromatic carbocycles. The number of thiophene rings is 1. The number of amides is 1. The van der Waals surface area contributed by atoms with Gasteiger partial charge in [0, 0.05) is 4.88 Å². The molecule has 0 aliphatic carbocycles. The van der Waals surface area contributed by atoms with Crippen molar-refractivity contribution in [3.63, 3.8) is 0 Å². The van der Waals surface area contributed by atoms with Crippen LogP contribution in [0, 0.1) is 6.92 Å². The summed E-state index contributed by atoms with van der Waals surface area (Å²) in [6.07, 6.45) is 0. The summed E-state index contributed by atoms with van der Waals surface area (Å²) in [7, 11) is 0. The van der Waals surface area contributed by atoms with Crippen LogP contribution in [0.4, 0.5) is 0 Å². The van der Waals surface area contributed by atoms with Crippen molar-refractivity contribution in [1.29, 1.82) is 0 Å². The first-order valence-corrected chi connectivity index (χ1v) is 9.08. The molecule has 0 radical (unpaired) electrons. The molecule has 0 unspecified atom stereocenters. The second-order valence-electron chi connectivity index (χ2n) is 5.82. The molecule has 26 heavy (non-hydrogen) atoms. The van der Waals surface area contributed by atoms with Gasteiger partial charge in [0.15, 0.2) is 0 Å². The largest absolute Gasteiger partial charge is 0.460 e. The minimum absolute atomic E-state index is 0.141. The van der Waals surface area contributed by atoms with E-state index in [9.17, 15) is 9.59 Å². The quantitative estimate of drug-likeness (QED) is 0.666. The maximum Gasteiger partial charge on any atom is 0.325 e. The molecule has 4 nitrogen and oxygen atoms in total. The van der Waals surface area contributed by atoms with Gasteiger partial charge in [0.2, 0.25) is 0 Å². The van der Waals surface area contributed by atoms with Gasteiger partial charge < -0.3 is 10.1 Å². The van der Waals surface area contributed by atoms with Crippen LogP contribution in [0.1, 0.15) is 20.1 Å². The van der Waals surface area contributed by atoms with Crippen molar-refractivity contribution >= 4 is 23.2 Å². The van der Waals surface area contributed by atoms with Crippen molar-refractivity contribution in [1.82, 2.24) is 5.32 Å². The fourth-order valence-corrected chi connectivity index (χ4v) is 3.22. The van der Waals surface area contributed by atoms with E-state index in [1.54, 1.807) is 6.07 Å². The van der Waals surface area contributed by atoms with Gasteiger partial charge in [-0.15, -0.1) is 11.3 Å². The van der Waals surface area contributed by atoms with E-state index < -0.39 is 5.97 Å². The fraction of sp³-hybridized carbons (Fsp3) is 0.143. The third-order valence-corrected chi connectivity index (χ3v) is 4.82. The normalized spacial score (nSPS) is 10.3. The van der Waals surface area contributed by atoms with E-state index in [2.05, 4.69) is 5.32 Å². The number of hydrogen-bond acceptors (Lipinski definition) is 4. The van der Waals surface area contributed by atoms with Gasteiger partial charge in [-0.1, -0.05) is 54.6 Å². The van der Waals surface area contributed by atoms with E-state index in [0.717, 1.165) is 21.6 Å².